The predicted molar refractivity (Wildman–Crippen MR) is 139 cm³/mol. The summed E-state index contributed by atoms with van der Waals surface area (Å²) in [5.74, 6) is 0.223. The van der Waals surface area contributed by atoms with E-state index in [1.54, 1.807) is 18.2 Å². The van der Waals surface area contributed by atoms with E-state index in [2.05, 4.69) is 13.8 Å². The molecule has 0 fully saturated rings. The van der Waals surface area contributed by atoms with E-state index in [1.807, 2.05) is 6.92 Å². The summed E-state index contributed by atoms with van der Waals surface area (Å²) in [6, 6.07) is 9.38. The van der Waals surface area contributed by atoms with E-state index < -0.39 is 5.97 Å². The summed E-state index contributed by atoms with van der Waals surface area (Å²) in [6.45, 7) is 7.21. The van der Waals surface area contributed by atoms with Gasteiger partial charge in [0.2, 0.25) is 11.5 Å². The van der Waals surface area contributed by atoms with Crippen molar-refractivity contribution in [3.8, 4) is 28.7 Å². The van der Waals surface area contributed by atoms with E-state index in [4.69, 9.17) is 42.1 Å². The first kappa shape index (κ1) is 26.8. The van der Waals surface area contributed by atoms with Gasteiger partial charge in [0.25, 0.3) is 0 Å². The molecule has 0 amide bonds. The molecule has 1 N–H and O–H groups in total. The molecule has 188 valence electrons. The number of hydrogen-bond donors (Lipinski definition) is 1. The van der Waals surface area contributed by atoms with Gasteiger partial charge in [0.05, 0.1) is 19.8 Å². The number of phenols is 1. The Bertz CT molecular complexity index is 1180. The van der Waals surface area contributed by atoms with Crippen molar-refractivity contribution in [2.24, 2.45) is 0 Å². The van der Waals surface area contributed by atoms with Gasteiger partial charge in [-0.25, -0.2) is 4.79 Å². The largest absolute Gasteiger partial charge is 0.507 e. The molecule has 0 aliphatic rings. The van der Waals surface area contributed by atoms with Crippen molar-refractivity contribution in [3.05, 3.63) is 52.0 Å². The molecule has 0 saturated heterocycles. The Labute approximate surface area is 215 Å². The van der Waals surface area contributed by atoms with Crippen LogP contribution in [0.1, 0.15) is 56.8 Å². The lowest BCUT2D eigenvalue weighted by atomic mass is 10.1. The number of unbranched alkanes of at least 4 members (excludes halogenated alkanes) is 2. The van der Waals surface area contributed by atoms with Crippen molar-refractivity contribution in [2.45, 2.75) is 46.5 Å². The van der Waals surface area contributed by atoms with Gasteiger partial charge >= 0.3 is 5.97 Å². The number of benzene rings is 3. The molecule has 3 rings (SSSR count). The van der Waals surface area contributed by atoms with Crippen molar-refractivity contribution in [1.29, 1.82) is 0 Å². The summed E-state index contributed by atoms with van der Waals surface area (Å²) in [7, 11) is 0. The van der Waals surface area contributed by atoms with E-state index in [0.717, 1.165) is 25.7 Å². The molecule has 0 bridgehead atoms. The SMILES string of the molecule is CCCCOc1c(OCCCC)c(OC(=O)c2ccc(Cl)cc2O)c2ccc(Cl)cc2c1OCC. The van der Waals surface area contributed by atoms with Crippen LogP contribution in [0.25, 0.3) is 10.8 Å². The molecule has 6 nitrogen and oxygen atoms in total. The Hall–Kier alpha value is -2.83. The highest BCUT2D eigenvalue weighted by molar-refractivity contribution is 6.31. The number of halogens is 2. The summed E-state index contributed by atoms with van der Waals surface area (Å²) < 4.78 is 24.2. The molecule has 8 heteroatoms. The van der Waals surface area contributed by atoms with Crippen molar-refractivity contribution in [1.82, 2.24) is 0 Å². The van der Waals surface area contributed by atoms with Crippen LogP contribution < -0.4 is 18.9 Å². The van der Waals surface area contributed by atoms with E-state index in [0.29, 0.717) is 52.1 Å². The van der Waals surface area contributed by atoms with Gasteiger partial charge in [0.1, 0.15) is 11.3 Å². The number of rotatable bonds is 12. The zero-order chi connectivity index (χ0) is 25.4. The van der Waals surface area contributed by atoms with Crippen LogP contribution in [0.4, 0.5) is 0 Å². The molecule has 0 atom stereocenters. The Morgan fingerprint density at radius 1 is 0.771 bits per heavy atom. The molecule has 35 heavy (non-hydrogen) atoms. The fourth-order valence-corrected chi connectivity index (χ4v) is 3.81. The van der Waals surface area contributed by atoms with Crippen LogP contribution in [0.2, 0.25) is 10.0 Å². The third-order valence-electron chi connectivity index (χ3n) is 5.24. The minimum Gasteiger partial charge on any atom is -0.507 e. The van der Waals surface area contributed by atoms with Gasteiger partial charge in [-0.1, -0.05) is 49.9 Å². The van der Waals surface area contributed by atoms with Crippen LogP contribution in [-0.4, -0.2) is 30.9 Å². The summed E-state index contributed by atoms with van der Waals surface area (Å²) in [6.07, 6.45) is 3.47. The van der Waals surface area contributed by atoms with Crippen LogP contribution in [0.15, 0.2) is 36.4 Å². The lowest BCUT2D eigenvalue weighted by Crippen LogP contribution is -2.12. The molecule has 0 heterocycles. The van der Waals surface area contributed by atoms with E-state index in [-0.39, 0.29) is 22.8 Å². The fraction of sp³-hybridized carbons (Fsp3) is 0.370. The second-order valence-electron chi connectivity index (χ2n) is 7.89. The summed E-state index contributed by atoms with van der Waals surface area (Å²) in [4.78, 5) is 13.1. The zero-order valence-electron chi connectivity index (χ0n) is 20.2. The first-order chi connectivity index (χ1) is 16.9. The molecule has 0 aliphatic heterocycles. The van der Waals surface area contributed by atoms with E-state index in [1.165, 1.54) is 18.2 Å². The Kier molecular flexibility index (Phi) is 9.75. The monoisotopic (exact) mass is 520 g/mol. The molecular weight excluding hydrogens is 491 g/mol. The molecule has 0 radical (unpaired) electrons. The third-order valence-corrected chi connectivity index (χ3v) is 5.71. The number of aromatic hydroxyl groups is 1. The van der Waals surface area contributed by atoms with Crippen molar-refractivity contribution >= 4 is 39.9 Å². The number of carbonyl (C=O) groups is 1. The lowest BCUT2D eigenvalue weighted by Gasteiger charge is -2.22. The number of esters is 1. The number of hydrogen-bond acceptors (Lipinski definition) is 6. The zero-order valence-corrected chi connectivity index (χ0v) is 21.7. The molecule has 3 aromatic rings. The van der Waals surface area contributed by atoms with Crippen LogP contribution >= 0.6 is 23.2 Å². The number of fused-ring (bicyclic) bond motifs is 1. The Morgan fingerprint density at radius 2 is 1.37 bits per heavy atom. The molecule has 0 aliphatic carbocycles. The van der Waals surface area contributed by atoms with Gasteiger partial charge in [-0.2, -0.15) is 0 Å². The number of carbonyl (C=O) groups excluding carboxylic acids is 1. The van der Waals surface area contributed by atoms with Gasteiger partial charge < -0.3 is 24.1 Å². The molecule has 0 saturated carbocycles. The first-order valence-electron chi connectivity index (χ1n) is 11.8. The maximum Gasteiger partial charge on any atom is 0.347 e. The van der Waals surface area contributed by atoms with Crippen molar-refractivity contribution < 1.29 is 28.8 Å². The maximum absolute atomic E-state index is 13.1. The average Bonchev–Trinajstić information content (AvgIpc) is 2.82. The van der Waals surface area contributed by atoms with Crippen LogP contribution in [0, 0.1) is 0 Å². The normalized spacial score (nSPS) is 10.9. The molecule has 3 aromatic carbocycles. The molecule has 0 unspecified atom stereocenters. The smallest absolute Gasteiger partial charge is 0.347 e. The molecule has 0 spiro atoms. The van der Waals surface area contributed by atoms with Crippen molar-refractivity contribution in [2.75, 3.05) is 19.8 Å². The van der Waals surface area contributed by atoms with Crippen LogP contribution in [-0.2, 0) is 0 Å². The fourth-order valence-electron chi connectivity index (χ4n) is 3.47. The van der Waals surface area contributed by atoms with Gasteiger partial charge in [-0.15, -0.1) is 0 Å². The van der Waals surface area contributed by atoms with Crippen LogP contribution in [0.5, 0.6) is 28.7 Å². The Balaban J connectivity index is 2.23. The highest BCUT2D eigenvalue weighted by Gasteiger charge is 2.27. The maximum atomic E-state index is 13.1. The molecule has 0 aromatic heterocycles. The minimum absolute atomic E-state index is 0.0293. The minimum atomic E-state index is -0.764. The standard InChI is InChI=1S/C27H30Cl2O6/c1-4-7-13-33-25-23(32-6-3)21-15-17(28)9-11-19(21)24(26(25)34-14-8-5-2)35-27(31)20-12-10-18(29)16-22(20)30/h9-12,15-16,30H,4-8,13-14H2,1-3H3. The highest BCUT2D eigenvalue weighted by atomic mass is 35.5. The van der Waals surface area contributed by atoms with Gasteiger partial charge in [-0.05, 0) is 56.2 Å². The number of ether oxygens (including phenoxy) is 4. The van der Waals surface area contributed by atoms with E-state index >= 15 is 0 Å². The first-order valence-corrected chi connectivity index (χ1v) is 12.5. The highest BCUT2D eigenvalue weighted by Crippen LogP contribution is 2.52. The van der Waals surface area contributed by atoms with Gasteiger partial charge in [0, 0.05) is 20.8 Å². The second-order valence-corrected chi connectivity index (χ2v) is 8.77. The molecular formula is C27H30Cl2O6. The van der Waals surface area contributed by atoms with Gasteiger partial charge in [0.15, 0.2) is 11.5 Å². The van der Waals surface area contributed by atoms with Crippen LogP contribution in [0.3, 0.4) is 0 Å². The predicted octanol–water partition coefficient (Wildman–Crippen LogP) is 7.83. The quantitative estimate of drug-likeness (QED) is 0.149. The topological polar surface area (TPSA) is 74.2 Å². The lowest BCUT2D eigenvalue weighted by molar-refractivity contribution is 0.0726. The van der Waals surface area contributed by atoms with E-state index in [9.17, 15) is 9.90 Å². The average molecular weight is 521 g/mol. The summed E-state index contributed by atoms with van der Waals surface area (Å²) in [5.41, 5.74) is -0.0293. The van der Waals surface area contributed by atoms with Crippen molar-refractivity contribution in [3.63, 3.8) is 0 Å². The second kappa shape index (κ2) is 12.8. The summed E-state index contributed by atoms with van der Waals surface area (Å²) in [5, 5.41) is 12.2. The third kappa shape index (κ3) is 6.44. The number of phenolic OH excluding ortho intramolecular Hbond substituents is 1. The Morgan fingerprint density at radius 3 is 1.97 bits per heavy atom. The van der Waals surface area contributed by atoms with Gasteiger partial charge in [-0.3, -0.25) is 0 Å². The summed E-state index contributed by atoms with van der Waals surface area (Å²) >= 11 is 12.2.